The van der Waals surface area contributed by atoms with Crippen LogP contribution in [-0.2, 0) is 19.2 Å². The number of carbonyl (C=O) groups excluding carboxylic acids is 6. The number of nitrogens with one attached hydrogen (secondary N) is 2. The molecule has 0 aromatic rings. The molecular weight excluding hydrogens is 299 g/mol. The van der Waals surface area contributed by atoms with Crippen molar-refractivity contribution in [3.05, 3.63) is 0 Å². The van der Waals surface area contributed by atoms with Crippen LogP contribution in [0, 0.1) is 0 Å². The summed E-state index contributed by atoms with van der Waals surface area (Å²) in [6.07, 6.45) is -1.24. The molecule has 12 nitrogen and oxygen atoms in total. The molecule has 105 valence electrons. The molecule has 21 heavy (non-hydrogen) atoms. The van der Waals surface area contributed by atoms with Gasteiger partial charge in [-0.15, -0.1) is 10.0 Å². The molecule has 1 radical (unpaired) electrons. The number of barbiturate groups is 2. The Balaban J connectivity index is 0.00000220. The summed E-state index contributed by atoms with van der Waals surface area (Å²) in [7, 11) is 0. The standard InChI is InChI=1S/C8H6N6O6.Na/c15-3-1-5(17)13(7(19)9-3)11-12-14-6(18)2-4(16)10-8(14)20;/h1-2H2,(H,9,15,19)(H,10,16,20);. The van der Waals surface area contributed by atoms with Gasteiger partial charge in [-0.1, -0.05) is 0 Å². The summed E-state index contributed by atoms with van der Waals surface area (Å²) in [4.78, 5) is 66.9. The predicted molar refractivity (Wildman–Crippen MR) is 60.6 cm³/mol. The molecule has 0 saturated carbocycles. The molecule has 0 spiro atoms. The van der Waals surface area contributed by atoms with Crippen LogP contribution >= 0.6 is 0 Å². The van der Waals surface area contributed by atoms with E-state index in [1.807, 2.05) is 0 Å². The normalized spacial score (nSPS) is 19.6. The fourth-order valence-electron chi connectivity index (χ4n) is 1.34. The minimum absolute atomic E-state index is 0. The van der Waals surface area contributed by atoms with Gasteiger partial charge >= 0.3 is 12.1 Å². The van der Waals surface area contributed by atoms with Crippen LogP contribution in [0.2, 0.25) is 0 Å². The van der Waals surface area contributed by atoms with Crippen molar-refractivity contribution in [2.75, 3.05) is 0 Å². The first-order chi connectivity index (χ1) is 9.38. The van der Waals surface area contributed by atoms with Gasteiger partial charge in [-0.3, -0.25) is 29.8 Å². The zero-order valence-electron chi connectivity index (χ0n) is 10.7. The first-order valence-electron chi connectivity index (χ1n) is 5.13. The Bertz CT molecular complexity index is 498. The summed E-state index contributed by atoms with van der Waals surface area (Å²) in [6, 6.07) is -2.31. The predicted octanol–water partition coefficient (Wildman–Crippen LogP) is -2.18. The van der Waals surface area contributed by atoms with Gasteiger partial charge in [-0.05, 0) is 10.4 Å². The van der Waals surface area contributed by atoms with Crippen LogP contribution in [0.3, 0.4) is 0 Å². The van der Waals surface area contributed by atoms with Crippen molar-refractivity contribution >= 4 is 65.2 Å². The van der Waals surface area contributed by atoms with Crippen molar-refractivity contribution in [2.45, 2.75) is 12.8 Å². The van der Waals surface area contributed by atoms with Gasteiger partial charge in [0.05, 0.1) is 0 Å². The number of nitrogens with zero attached hydrogens (tertiary/aromatic N) is 4. The van der Waals surface area contributed by atoms with Crippen molar-refractivity contribution in [3.8, 4) is 0 Å². The van der Waals surface area contributed by atoms with Crippen LogP contribution in [-0.4, -0.2) is 75.3 Å². The Kier molecular flexibility index (Phi) is 5.23. The van der Waals surface area contributed by atoms with Gasteiger partial charge in [0.2, 0.25) is 11.8 Å². The molecule has 2 saturated heterocycles. The molecule has 2 aliphatic heterocycles. The Morgan fingerprint density at radius 2 is 1.05 bits per heavy atom. The van der Waals surface area contributed by atoms with Gasteiger partial charge < -0.3 is 0 Å². The van der Waals surface area contributed by atoms with Crippen molar-refractivity contribution in [2.24, 2.45) is 10.4 Å². The Labute approximate surface area is 138 Å². The maximum absolute atomic E-state index is 11.3. The van der Waals surface area contributed by atoms with E-state index in [-0.39, 0.29) is 39.6 Å². The van der Waals surface area contributed by atoms with Crippen molar-refractivity contribution in [3.63, 3.8) is 0 Å². The second-order valence-corrected chi connectivity index (χ2v) is 3.65. The van der Waals surface area contributed by atoms with E-state index in [1.165, 1.54) is 0 Å². The van der Waals surface area contributed by atoms with Crippen molar-refractivity contribution < 1.29 is 28.8 Å². The molecule has 2 rings (SSSR count). The molecule has 8 amide bonds. The average Bonchev–Trinajstić information content (AvgIpc) is 2.30. The van der Waals surface area contributed by atoms with Gasteiger partial charge in [0.1, 0.15) is 12.8 Å². The van der Waals surface area contributed by atoms with Crippen molar-refractivity contribution in [1.29, 1.82) is 0 Å². The molecule has 0 aromatic heterocycles. The largest absolute Gasteiger partial charge is 0.353 e. The second-order valence-electron chi connectivity index (χ2n) is 3.65. The topological polar surface area (TPSA) is 158 Å². The van der Waals surface area contributed by atoms with Crippen molar-refractivity contribution in [1.82, 2.24) is 20.7 Å². The maximum atomic E-state index is 11.3. The van der Waals surface area contributed by atoms with E-state index in [2.05, 4.69) is 10.4 Å². The van der Waals surface area contributed by atoms with Gasteiger partial charge in [0.15, 0.2) is 0 Å². The van der Waals surface area contributed by atoms with Gasteiger partial charge in [-0.2, -0.15) is 0 Å². The van der Waals surface area contributed by atoms with Crippen LogP contribution in [0.5, 0.6) is 0 Å². The summed E-state index contributed by atoms with van der Waals surface area (Å²) in [5.41, 5.74) is 0. The summed E-state index contributed by atoms with van der Waals surface area (Å²) in [5, 5.41) is 10.2. The third-order valence-corrected chi connectivity index (χ3v) is 2.19. The van der Waals surface area contributed by atoms with Gasteiger partial charge in [-0.25, -0.2) is 9.59 Å². The number of imide groups is 4. The molecule has 0 unspecified atom stereocenters. The molecule has 0 aliphatic carbocycles. The molecule has 2 N–H and O–H groups in total. The van der Waals surface area contributed by atoms with E-state index in [9.17, 15) is 28.8 Å². The average molecular weight is 305 g/mol. The SMILES string of the molecule is O=C1CC(=O)N(N=NN2C(=O)CC(=O)NC2=O)C(=O)N1.[Na]. The summed E-state index contributed by atoms with van der Waals surface area (Å²) in [5.74, 6) is -3.54. The van der Waals surface area contributed by atoms with Crippen LogP contribution in [0.25, 0.3) is 0 Å². The second kappa shape index (κ2) is 6.51. The molecule has 2 aliphatic rings. The number of rotatable bonds is 2. The monoisotopic (exact) mass is 305 g/mol. The Morgan fingerprint density at radius 3 is 1.33 bits per heavy atom. The van der Waals surface area contributed by atoms with Crippen LogP contribution in [0.15, 0.2) is 10.4 Å². The molecule has 0 aromatic carbocycles. The maximum Gasteiger partial charge on any atom is 0.353 e. The van der Waals surface area contributed by atoms with E-state index < -0.39 is 48.5 Å². The molecule has 2 heterocycles. The fourth-order valence-corrected chi connectivity index (χ4v) is 1.34. The third-order valence-electron chi connectivity index (χ3n) is 2.19. The van der Waals surface area contributed by atoms with Gasteiger partial charge in [0, 0.05) is 29.6 Å². The summed E-state index contributed by atoms with van der Waals surface area (Å²) in [6.45, 7) is 0. The smallest absolute Gasteiger partial charge is 0.276 e. The minimum Gasteiger partial charge on any atom is -0.276 e. The van der Waals surface area contributed by atoms with E-state index in [4.69, 9.17) is 0 Å². The molecular formula is C8H6N6NaO6. The first-order valence-corrected chi connectivity index (χ1v) is 5.13. The van der Waals surface area contributed by atoms with E-state index >= 15 is 0 Å². The number of hydrogen-bond donors (Lipinski definition) is 2. The summed E-state index contributed by atoms with van der Waals surface area (Å²) >= 11 is 0. The molecule has 0 atom stereocenters. The summed E-state index contributed by atoms with van der Waals surface area (Å²) < 4.78 is 0. The molecule has 13 heteroatoms. The number of urea groups is 2. The first kappa shape index (κ1) is 16.9. The van der Waals surface area contributed by atoms with E-state index in [1.54, 1.807) is 10.6 Å². The number of amides is 8. The zero-order valence-corrected chi connectivity index (χ0v) is 12.7. The Morgan fingerprint density at radius 1 is 0.714 bits per heavy atom. The minimum atomic E-state index is -1.16. The number of hydrogen-bond acceptors (Lipinski definition) is 8. The number of carbonyl (C=O) groups is 6. The fraction of sp³-hybridized carbons (Fsp3) is 0.250. The zero-order chi connectivity index (χ0) is 14.9. The third kappa shape index (κ3) is 3.68. The quantitative estimate of drug-likeness (QED) is 0.335. The van der Waals surface area contributed by atoms with Crippen LogP contribution in [0.4, 0.5) is 9.59 Å². The molecule has 2 fully saturated rings. The van der Waals surface area contributed by atoms with E-state index in [0.29, 0.717) is 0 Å². The van der Waals surface area contributed by atoms with Gasteiger partial charge in [0.25, 0.3) is 11.8 Å². The Hall–Kier alpha value is -2.18. The van der Waals surface area contributed by atoms with Crippen LogP contribution in [0.1, 0.15) is 12.8 Å². The van der Waals surface area contributed by atoms with E-state index in [0.717, 1.165) is 0 Å². The molecule has 0 bridgehead atoms. The van der Waals surface area contributed by atoms with Crippen LogP contribution < -0.4 is 10.6 Å².